The Morgan fingerprint density at radius 1 is 1.14 bits per heavy atom. The highest BCUT2D eigenvalue weighted by Gasteiger charge is 2.56. The van der Waals surface area contributed by atoms with Crippen LogP contribution in [0.3, 0.4) is 0 Å². The summed E-state index contributed by atoms with van der Waals surface area (Å²) in [4.78, 5) is 36.9. The molecule has 0 heterocycles. The summed E-state index contributed by atoms with van der Waals surface area (Å²) in [6.45, 7) is 4.53. The van der Waals surface area contributed by atoms with Gasteiger partial charge in [-0.3, -0.25) is 9.59 Å². The van der Waals surface area contributed by atoms with Gasteiger partial charge in [-0.15, -0.1) is 11.8 Å². The van der Waals surface area contributed by atoms with E-state index in [1.54, 1.807) is 30.5 Å². The zero-order chi connectivity index (χ0) is 15.6. The van der Waals surface area contributed by atoms with Crippen LogP contribution in [0.2, 0.25) is 0 Å². The van der Waals surface area contributed by atoms with E-state index in [1.165, 1.54) is 4.90 Å². The van der Waals surface area contributed by atoms with E-state index in [-0.39, 0.29) is 0 Å². The van der Waals surface area contributed by atoms with Crippen LogP contribution in [-0.2, 0) is 4.74 Å². The Bertz CT molecular complexity index is 560. The smallest absolute Gasteiger partial charge is 0.411 e. The normalized spacial score (nSPS) is 15.8. The van der Waals surface area contributed by atoms with Crippen LogP contribution in [0.1, 0.15) is 34.6 Å². The van der Waals surface area contributed by atoms with Crippen molar-refractivity contribution in [3.8, 4) is 0 Å². The van der Waals surface area contributed by atoms with Gasteiger partial charge in [0.2, 0.25) is 11.6 Å². The Balaban J connectivity index is 2.38. The summed E-state index contributed by atoms with van der Waals surface area (Å²) in [5, 5.41) is 0. The third-order valence-corrected chi connectivity index (χ3v) is 4.58. The maximum absolute atomic E-state index is 12.6. The molecule has 0 aliphatic heterocycles. The second-order valence-electron chi connectivity index (χ2n) is 4.56. The zero-order valence-electron chi connectivity index (χ0n) is 12.2. The number of amides is 1. The molecule has 0 saturated heterocycles. The number of nitrogens with zero attached hydrogens (tertiary/aromatic N) is 1. The fourth-order valence-corrected chi connectivity index (χ4v) is 3.07. The minimum absolute atomic E-state index is 0.309. The van der Waals surface area contributed by atoms with Gasteiger partial charge in [-0.2, -0.15) is 0 Å². The first-order valence-corrected chi connectivity index (χ1v) is 7.96. The lowest BCUT2D eigenvalue weighted by Crippen LogP contribution is -2.46. The van der Waals surface area contributed by atoms with Crippen LogP contribution in [0.15, 0.2) is 24.3 Å². The zero-order valence-corrected chi connectivity index (χ0v) is 13.0. The Labute approximate surface area is 127 Å². The number of fused-ring (bicyclic) bond motifs is 1. The number of ether oxygens (including phenoxy) is 1. The average molecular weight is 307 g/mol. The largest absolute Gasteiger partial charge is 0.415 e. The third-order valence-electron chi connectivity index (χ3n) is 3.55. The number of rotatable bonds is 4. The van der Waals surface area contributed by atoms with Crippen molar-refractivity contribution in [1.29, 1.82) is 0 Å². The van der Waals surface area contributed by atoms with Gasteiger partial charge in [0.05, 0.1) is 0 Å². The van der Waals surface area contributed by atoms with E-state index in [0.29, 0.717) is 24.2 Å². The number of carbonyl (C=O) groups excluding carboxylic acids is 3. The van der Waals surface area contributed by atoms with E-state index < -0.39 is 22.6 Å². The van der Waals surface area contributed by atoms with E-state index in [1.807, 2.05) is 13.8 Å². The standard InChI is InChI=1S/C15H17NO4S/c1-4-16(5-2)14(19)20-15(21-3)12(17)10-8-6-7-9-11(10)13(15)18/h6-9H,4-5H2,1-3H3. The number of hydrogen-bond donors (Lipinski definition) is 0. The number of thioether (sulfide) groups is 1. The highest BCUT2D eigenvalue weighted by Crippen LogP contribution is 2.40. The second-order valence-corrected chi connectivity index (χ2v) is 5.55. The number of Topliss-reactive ketones (excluding diaryl/α,β-unsaturated/α-hetero) is 2. The SMILES string of the molecule is CCN(CC)C(=O)OC1(SC)C(=O)c2ccccc2C1=O. The lowest BCUT2D eigenvalue weighted by Gasteiger charge is -2.27. The Hall–Kier alpha value is -1.82. The van der Waals surface area contributed by atoms with Crippen LogP contribution >= 0.6 is 11.8 Å². The fraction of sp³-hybridized carbons (Fsp3) is 0.400. The number of benzene rings is 1. The summed E-state index contributed by atoms with van der Waals surface area (Å²) in [7, 11) is 0. The van der Waals surface area contributed by atoms with Crippen LogP contribution in [-0.4, -0.2) is 46.8 Å². The highest BCUT2D eigenvalue weighted by atomic mass is 32.2. The molecule has 6 heteroatoms. The number of carbonyl (C=O) groups is 3. The van der Waals surface area contributed by atoms with Crippen LogP contribution in [0, 0.1) is 0 Å². The molecule has 1 aromatic rings. The summed E-state index contributed by atoms with van der Waals surface area (Å²) in [6, 6.07) is 6.54. The molecule has 1 amide bonds. The third kappa shape index (κ3) is 2.33. The maximum atomic E-state index is 12.6. The van der Waals surface area contributed by atoms with E-state index in [0.717, 1.165) is 11.8 Å². The Morgan fingerprint density at radius 2 is 1.62 bits per heavy atom. The molecule has 1 aromatic carbocycles. The average Bonchev–Trinajstić information content (AvgIpc) is 2.71. The molecule has 0 spiro atoms. The quantitative estimate of drug-likeness (QED) is 0.632. The second kappa shape index (κ2) is 5.89. The van der Waals surface area contributed by atoms with Gasteiger partial charge in [-0.05, 0) is 20.1 Å². The highest BCUT2D eigenvalue weighted by molar-refractivity contribution is 8.01. The van der Waals surface area contributed by atoms with Gasteiger partial charge in [0.1, 0.15) is 0 Å². The molecule has 0 saturated carbocycles. The summed E-state index contributed by atoms with van der Waals surface area (Å²) in [6.07, 6.45) is 0.945. The fourth-order valence-electron chi connectivity index (χ4n) is 2.33. The molecule has 5 nitrogen and oxygen atoms in total. The molecule has 0 N–H and O–H groups in total. The van der Waals surface area contributed by atoms with E-state index in [4.69, 9.17) is 4.74 Å². The molecule has 2 rings (SSSR count). The minimum Gasteiger partial charge on any atom is -0.415 e. The molecule has 112 valence electrons. The molecule has 0 unspecified atom stereocenters. The van der Waals surface area contributed by atoms with Crippen molar-refractivity contribution in [2.75, 3.05) is 19.3 Å². The minimum atomic E-state index is -1.79. The van der Waals surface area contributed by atoms with E-state index >= 15 is 0 Å². The first-order valence-electron chi connectivity index (χ1n) is 6.73. The first-order chi connectivity index (χ1) is 10.0. The van der Waals surface area contributed by atoms with Crippen LogP contribution in [0.5, 0.6) is 0 Å². The lowest BCUT2D eigenvalue weighted by atomic mass is 10.1. The summed E-state index contributed by atoms with van der Waals surface area (Å²) in [5.74, 6) is -0.924. The summed E-state index contributed by atoms with van der Waals surface area (Å²) >= 11 is 0.951. The van der Waals surface area contributed by atoms with Crippen molar-refractivity contribution in [2.45, 2.75) is 18.8 Å². The number of hydrogen-bond acceptors (Lipinski definition) is 5. The first kappa shape index (κ1) is 15.6. The van der Waals surface area contributed by atoms with Gasteiger partial charge >= 0.3 is 6.09 Å². The molecule has 1 aliphatic carbocycles. The predicted octanol–water partition coefficient (Wildman–Crippen LogP) is 2.60. The van der Waals surface area contributed by atoms with Crippen molar-refractivity contribution >= 4 is 29.4 Å². The molecule has 0 aromatic heterocycles. The van der Waals surface area contributed by atoms with Crippen molar-refractivity contribution in [3.05, 3.63) is 35.4 Å². The molecule has 21 heavy (non-hydrogen) atoms. The van der Waals surface area contributed by atoms with Crippen LogP contribution < -0.4 is 0 Å². The van der Waals surface area contributed by atoms with E-state index in [9.17, 15) is 14.4 Å². The molecule has 1 aliphatic rings. The Kier molecular flexibility index (Phi) is 4.37. The number of ketones is 2. The monoisotopic (exact) mass is 307 g/mol. The topological polar surface area (TPSA) is 63.7 Å². The van der Waals surface area contributed by atoms with Crippen LogP contribution in [0.25, 0.3) is 0 Å². The molecular weight excluding hydrogens is 290 g/mol. The van der Waals surface area contributed by atoms with Crippen molar-refractivity contribution < 1.29 is 19.1 Å². The van der Waals surface area contributed by atoms with Crippen molar-refractivity contribution in [2.24, 2.45) is 0 Å². The van der Waals surface area contributed by atoms with Gasteiger partial charge in [0.15, 0.2) is 0 Å². The summed E-state index contributed by atoms with van der Waals surface area (Å²) in [5.41, 5.74) is 0.619. The van der Waals surface area contributed by atoms with Crippen molar-refractivity contribution in [3.63, 3.8) is 0 Å². The molecule has 0 bridgehead atoms. The van der Waals surface area contributed by atoms with Gasteiger partial charge < -0.3 is 9.64 Å². The Morgan fingerprint density at radius 3 is 2.00 bits per heavy atom. The summed E-state index contributed by atoms with van der Waals surface area (Å²) < 4.78 is 5.35. The maximum Gasteiger partial charge on any atom is 0.411 e. The van der Waals surface area contributed by atoms with E-state index in [2.05, 4.69) is 0 Å². The van der Waals surface area contributed by atoms with Gasteiger partial charge in [0.25, 0.3) is 4.93 Å². The molecule has 0 atom stereocenters. The molecule has 0 radical (unpaired) electrons. The van der Waals surface area contributed by atoms with Gasteiger partial charge in [-0.25, -0.2) is 4.79 Å². The molecule has 0 fully saturated rings. The van der Waals surface area contributed by atoms with Crippen LogP contribution in [0.4, 0.5) is 4.79 Å². The molecular formula is C15H17NO4S. The van der Waals surface area contributed by atoms with Crippen molar-refractivity contribution in [1.82, 2.24) is 4.90 Å². The lowest BCUT2D eigenvalue weighted by molar-refractivity contribution is 0.0381. The predicted molar refractivity (Wildman–Crippen MR) is 80.8 cm³/mol. The van der Waals surface area contributed by atoms with Gasteiger partial charge in [0, 0.05) is 24.2 Å². The van der Waals surface area contributed by atoms with Gasteiger partial charge in [-0.1, -0.05) is 24.3 Å².